The number of hydrogen-bond acceptors (Lipinski definition) is 3. The fourth-order valence-electron chi connectivity index (χ4n) is 3.26. The molecule has 0 aliphatic rings. The summed E-state index contributed by atoms with van der Waals surface area (Å²) in [5.74, 6) is 0.592. The second kappa shape index (κ2) is 10.1. The van der Waals surface area contributed by atoms with Crippen molar-refractivity contribution in [2.24, 2.45) is 12.0 Å². The minimum absolute atomic E-state index is 0.281. The molecule has 0 fully saturated rings. The van der Waals surface area contributed by atoms with Gasteiger partial charge in [-0.2, -0.15) is 4.99 Å². The Balaban J connectivity index is 1.74. The molecule has 5 nitrogen and oxygen atoms in total. The van der Waals surface area contributed by atoms with E-state index in [-0.39, 0.29) is 5.91 Å². The Bertz CT molecular complexity index is 1280. The van der Waals surface area contributed by atoms with Gasteiger partial charge in [-0.3, -0.25) is 4.79 Å². The van der Waals surface area contributed by atoms with Crippen molar-refractivity contribution in [3.05, 3.63) is 89.4 Å². The number of rotatable bonds is 6. The lowest BCUT2D eigenvalue weighted by Crippen LogP contribution is -2.09. The summed E-state index contributed by atoms with van der Waals surface area (Å²) in [4.78, 5) is 24.1. The average Bonchev–Trinajstić information content (AvgIpc) is 3.15. The molecule has 166 valence electrons. The third-order valence-corrected chi connectivity index (χ3v) is 6.33. The number of amides is 1. The number of aliphatic imine (C=N–C) groups is 1. The van der Waals surface area contributed by atoms with Gasteiger partial charge in [0, 0.05) is 47.8 Å². The summed E-state index contributed by atoms with van der Waals surface area (Å²) in [6, 6.07) is 25.3. The van der Waals surface area contributed by atoms with Crippen molar-refractivity contribution in [2.75, 3.05) is 14.1 Å². The summed E-state index contributed by atoms with van der Waals surface area (Å²) >= 11 is 7.70. The quantitative estimate of drug-likeness (QED) is 0.243. The highest BCUT2D eigenvalue weighted by atomic mass is 35.5. The molecule has 0 saturated carbocycles. The van der Waals surface area contributed by atoms with E-state index in [2.05, 4.69) is 9.56 Å². The maximum atomic E-state index is 12.3. The zero-order chi connectivity index (χ0) is 23.4. The standard InChI is InChI=1S/C26H23ClN4OS/c1-30(2)17-28-25(32)20-11-9-18(10-12-20)23-26(33-22-15-13-21(27)14-16-22)31(3)24(29-23)19-7-5-4-6-8-19/h4-17H,1-3H3. The Kier molecular flexibility index (Phi) is 6.96. The molecule has 0 aliphatic heterocycles. The zero-order valence-corrected chi connectivity index (χ0v) is 20.1. The third kappa shape index (κ3) is 5.35. The van der Waals surface area contributed by atoms with E-state index in [1.807, 2.05) is 87.9 Å². The highest BCUT2D eigenvalue weighted by Crippen LogP contribution is 2.38. The fraction of sp³-hybridized carbons (Fsp3) is 0.115. The van der Waals surface area contributed by atoms with Crippen molar-refractivity contribution in [3.63, 3.8) is 0 Å². The molecule has 0 radical (unpaired) electrons. The van der Waals surface area contributed by atoms with Gasteiger partial charge >= 0.3 is 0 Å². The Labute approximate surface area is 202 Å². The lowest BCUT2D eigenvalue weighted by atomic mass is 10.1. The van der Waals surface area contributed by atoms with Crippen molar-refractivity contribution in [1.82, 2.24) is 14.5 Å². The number of aromatic nitrogens is 2. The van der Waals surface area contributed by atoms with Gasteiger partial charge in [0.15, 0.2) is 0 Å². The average molecular weight is 475 g/mol. The number of benzene rings is 3. The molecule has 4 aromatic rings. The van der Waals surface area contributed by atoms with E-state index in [1.165, 1.54) is 6.34 Å². The molecular weight excluding hydrogens is 452 g/mol. The monoisotopic (exact) mass is 474 g/mol. The summed E-state index contributed by atoms with van der Waals surface area (Å²) in [5, 5.41) is 1.70. The first kappa shape index (κ1) is 22.8. The molecule has 4 rings (SSSR count). The first-order valence-corrected chi connectivity index (χ1v) is 11.5. The molecule has 0 spiro atoms. The van der Waals surface area contributed by atoms with Gasteiger partial charge < -0.3 is 9.47 Å². The fourth-order valence-corrected chi connectivity index (χ4v) is 4.37. The SMILES string of the molecule is CN(C)C=NC(=O)c1ccc(-c2nc(-c3ccccc3)n(C)c2Sc2ccc(Cl)cc2)cc1. The number of halogens is 1. The third-order valence-electron chi connectivity index (χ3n) is 4.91. The lowest BCUT2D eigenvalue weighted by Gasteiger charge is -2.08. The lowest BCUT2D eigenvalue weighted by molar-refractivity contribution is 0.100. The van der Waals surface area contributed by atoms with Crippen molar-refractivity contribution >= 4 is 35.6 Å². The first-order chi connectivity index (χ1) is 15.9. The zero-order valence-electron chi connectivity index (χ0n) is 18.6. The van der Waals surface area contributed by atoms with Crippen molar-refractivity contribution in [3.8, 4) is 22.6 Å². The van der Waals surface area contributed by atoms with Crippen LogP contribution in [0.3, 0.4) is 0 Å². The highest BCUT2D eigenvalue weighted by molar-refractivity contribution is 7.99. The Hall–Kier alpha value is -3.35. The van der Waals surface area contributed by atoms with Crippen LogP contribution < -0.4 is 0 Å². The summed E-state index contributed by atoms with van der Waals surface area (Å²) in [6.45, 7) is 0. The molecule has 0 aliphatic carbocycles. The molecule has 0 saturated heterocycles. The van der Waals surface area contributed by atoms with Gasteiger partial charge in [0.1, 0.15) is 16.5 Å². The maximum absolute atomic E-state index is 12.3. The second-order valence-electron chi connectivity index (χ2n) is 7.66. The van der Waals surface area contributed by atoms with Crippen LogP contribution in [0, 0.1) is 0 Å². The van der Waals surface area contributed by atoms with Crippen molar-refractivity contribution in [1.29, 1.82) is 0 Å². The van der Waals surface area contributed by atoms with Gasteiger partial charge in [-0.15, -0.1) is 0 Å². The molecule has 7 heteroatoms. The number of carbonyl (C=O) groups excluding carboxylic acids is 1. The van der Waals surface area contributed by atoms with Gasteiger partial charge in [0.25, 0.3) is 5.91 Å². The number of nitrogens with zero attached hydrogens (tertiary/aromatic N) is 4. The summed E-state index contributed by atoms with van der Waals surface area (Å²) in [7, 11) is 5.67. The molecule has 0 atom stereocenters. The van der Waals surface area contributed by atoms with Gasteiger partial charge in [-0.25, -0.2) is 4.98 Å². The van der Waals surface area contributed by atoms with Crippen LogP contribution >= 0.6 is 23.4 Å². The van der Waals surface area contributed by atoms with Crippen molar-refractivity contribution in [2.45, 2.75) is 9.92 Å². The van der Waals surface area contributed by atoms with E-state index >= 15 is 0 Å². The van der Waals surface area contributed by atoms with E-state index in [4.69, 9.17) is 16.6 Å². The predicted molar refractivity (Wildman–Crippen MR) is 136 cm³/mol. The Morgan fingerprint density at radius 2 is 1.64 bits per heavy atom. The van der Waals surface area contributed by atoms with Gasteiger partial charge in [0.05, 0.1) is 6.34 Å². The predicted octanol–water partition coefficient (Wildman–Crippen LogP) is 6.29. The van der Waals surface area contributed by atoms with Gasteiger partial charge in [0.2, 0.25) is 0 Å². The topological polar surface area (TPSA) is 50.5 Å². The van der Waals surface area contributed by atoms with E-state index in [9.17, 15) is 4.79 Å². The molecule has 0 bridgehead atoms. The molecule has 33 heavy (non-hydrogen) atoms. The molecule has 0 unspecified atom stereocenters. The van der Waals surface area contributed by atoms with E-state index < -0.39 is 0 Å². The van der Waals surface area contributed by atoms with Gasteiger partial charge in [-0.1, -0.05) is 65.8 Å². The maximum Gasteiger partial charge on any atom is 0.278 e. The van der Waals surface area contributed by atoms with Crippen LogP contribution in [0.25, 0.3) is 22.6 Å². The van der Waals surface area contributed by atoms with Crippen molar-refractivity contribution < 1.29 is 4.79 Å². The van der Waals surface area contributed by atoms with Crippen LogP contribution in [0.4, 0.5) is 0 Å². The smallest absolute Gasteiger partial charge is 0.278 e. The van der Waals surface area contributed by atoms with Crippen LogP contribution in [0.15, 0.2) is 93.8 Å². The molecule has 0 N–H and O–H groups in total. The highest BCUT2D eigenvalue weighted by Gasteiger charge is 2.19. The van der Waals surface area contributed by atoms with Gasteiger partial charge in [-0.05, 0) is 36.4 Å². The van der Waals surface area contributed by atoms with E-state index in [0.717, 1.165) is 32.6 Å². The normalized spacial score (nSPS) is 11.2. The van der Waals surface area contributed by atoms with E-state index in [1.54, 1.807) is 28.8 Å². The molecule has 3 aromatic carbocycles. The Morgan fingerprint density at radius 3 is 2.27 bits per heavy atom. The first-order valence-electron chi connectivity index (χ1n) is 10.3. The minimum Gasteiger partial charge on any atom is -0.369 e. The van der Waals surface area contributed by atoms with Crippen LogP contribution in [0.2, 0.25) is 5.02 Å². The van der Waals surface area contributed by atoms with E-state index in [0.29, 0.717) is 10.6 Å². The molecule has 1 amide bonds. The number of imidazole rings is 1. The van der Waals surface area contributed by atoms with Crippen LogP contribution in [0.1, 0.15) is 10.4 Å². The van der Waals surface area contributed by atoms with Crippen LogP contribution in [0.5, 0.6) is 0 Å². The number of hydrogen-bond donors (Lipinski definition) is 0. The second-order valence-corrected chi connectivity index (χ2v) is 9.16. The largest absolute Gasteiger partial charge is 0.369 e. The molecule has 1 aromatic heterocycles. The van der Waals surface area contributed by atoms with Crippen LogP contribution in [-0.4, -0.2) is 40.8 Å². The molecule has 1 heterocycles. The Morgan fingerprint density at radius 1 is 0.970 bits per heavy atom. The summed E-state index contributed by atoms with van der Waals surface area (Å²) in [5.41, 5.74) is 3.35. The summed E-state index contributed by atoms with van der Waals surface area (Å²) in [6.07, 6.45) is 1.50. The van der Waals surface area contributed by atoms with Crippen LogP contribution in [-0.2, 0) is 7.05 Å². The minimum atomic E-state index is -0.281. The summed E-state index contributed by atoms with van der Waals surface area (Å²) < 4.78 is 2.10. The number of carbonyl (C=O) groups is 1. The molecular formula is C26H23ClN4OS.